The zero-order valence-corrected chi connectivity index (χ0v) is 12.6. The van der Waals surface area contributed by atoms with Crippen molar-refractivity contribution in [3.05, 3.63) is 23.0 Å². The molecule has 1 fully saturated rings. The Morgan fingerprint density at radius 1 is 1.45 bits per heavy atom. The predicted molar refractivity (Wildman–Crippen MR) is 78.7 cm³/mol. The lowest BCUT2D eigenvalue weighted by molar-refractivity contribution is 0.0690. The van der Waals surface area contributed by atoms with E-state index in [1.54, 1.807) is 0 Å². The standard InChI is InChI=1S/C15H24N4O/c1-4-8-19(12-6-7-16-10-12)15(20)13-9-11(3)17-18-14(13)5-2/h9,12,16H,4-8,10H2,1-3H3. The third kappa shape index (κ3) is 3.15. The fourth-order valence-corrected chi connectivity index (χ4v) is 2.71. The number of aryl methyl sites for hydroxylation is 2. The van der Waals surface area contributed by atoms with E-state index in [-0.39, 0.29) is 5.91 Å². The fourth-order valence-electron chi connectivity index (χ4n) is 2.71. The Labute approximate surface area is 120 Å². The minimum absolute atomic E-state index is 0.107. The van der Waals surface area contributed by atoms with E-state index in [2.05, 4.69) is 22.4 Å². The van der Waals surface area contributed by atoms with E-state index in [1.165, 1.54) is 0 Å². The maximum Gasteiger partial charge on any atom is 0.256 e. The van der Waals surface area contributed by atoms with Gasteiger partial charge in [-0.2, -0.15) is 10.2 Å². The second-order valence-corrected chi connectivity index (χ2v) is 5.34. The molecular formula is C15H24N4O. The number of carbonyl (C=O) groups excluding carboxylic acids is 1. The van der Waals surface area contributed by atoms with Crippen LogP contribution in [0.15, 0.2) is 6.07 Å². The van der Waals surface area contributed by atoms with Crippen LogP contribution in [0.1, 0.15) is 48.4 Å². The molecule has 1 aromatic rings. The Bertz CT molecular complexity index is 469. The topological polar surface area (TPSA) is 58.1 Å². The first-order valence-electron chi connectivity index (χ1n) is 7.52. The average Bonchev–Trinajstić information content (AvgIpc) is 2.98. The Balaban J connectivity index is 2.28. The number of aromatic nitrogens is 2. The van der Waals surface area contributed by atoms with Crippen LogP contribution in [0.5, 0.6) is 0 Å². The third-order valence-corrected chi connectivity index (χ3v) is 3.76. The van der Waals surface area contributed by atoms with E-state index >= 15 is 0 Å². The van der Waals surface area contributed by atoms with Crippen LogP contribution in [0.3, 0.4) is 0 Å². The second-order valence-electron chi connectivity index (χ2n) is 5.34. The van der Waals surface area contributed by atoms with Crippen LogP contribution in [-0.4, -0.2) is 46.7 Å². The van der Waals surface area contributed by atoms with Gasteiger partial charge in [0.15, 0.2) is 0 Å². The molecule has 1 aromatic heterocycles. The molecule has 5 heteroatoms. The highest BCUT2D eigenvalue weighted by Crippen LogP contribution is 2.16. The van der Waals surface area contributed by atoms with Crippen LogP contribution in [0.2, 0.25) is 0 Å². The van der Waals surface area contributed by atoms with Gasteiger partial charge in [-0.15, -0.1) is 0 Å². The van der Waals surface area contributed by atoms with Gasteiger partial charge < -0.3 is 10.2 Å². The largest absolute Gasteiger partial charge is 0.334 e. The zero-order chi connectivity index (χ0) is 14.5. The highest BCUT2D eigenvalue weighted by Gasteiger charge is 2.28. The number of hydrogen-bond acceptors (Lipinski definition) is 4. The van der Waals surface area contributed by atoms with Gasteiger partial charge in [-0.3, -0.25) is 4.79 Å². The quantitative estimate of drug-likeness (QED) is 0.886. The number of hydrogen-bond donors (Lipinski definition) is 1. The van der Waals surface area contributed by atoms with E-state index in [0.717, 1.165) is 55.8 Å². The van der Waals surface area contributed by atoms with Crippen LogP contribution < -0.4 is 5.32 Å². The van der Waals surface area contributed by atoms with E-state index in [0.29, 0.717) is 6.04 Å². The van der Waals surface area contributed by atoms with E-state index in [9.17, 15) is 4.79 Å². The van der Waals surface area contributed by atoms with Crippen molar-refractivity contribution >= 4 is 5.91 Å². The van der Waals surface area contributed by atoms with Gasteiger partial charge in [0.05, 0.1) is 17.0 Å². The second kappa shape index (κ2) is 6.79. The third-order valence-electron chi connectivity index (χ3n) is 3.76. The molecule has 1 saturated heterocycles. The minimum atomic E-state index is 0.107. The Morgan fingerprint density at radius 3 is 2.85 bits per heavy atom. The first kappa shape index (κ1) is 14.9. The smallest absolute Gasteiger partial charge is 0.256 e. The summed E-state index contributed by atoms with van der Waals surface area (Å²) in [5.41, 5.74) is 2.32. The van der Waals surface area contributed by atoms with Gasteiger partial charge in [-0.05, 0) is 38.8 Å². The molecule has 1 aliphatic rings. The monoisotopic (exact) mass is 276 g/mol. The fraction of sp³-hybridized carbons (Fsp3) is 0.667. The highest BCUT2D eigenvalue weighted by molar-refractivity contribution is 5.95. The number of nitrogens with zero attached hydrogens (tertiary/aromatic N) is 3. The first-order chi connectivity index (χ1) is 9.67. The van der Waals surface area contributed by atoms with Gasteiger partial charge in [-0.1, -0.05) is 13.8 Å². The molecule has 5 nitrogen and oxygen atoms in total. The summed E-state index contributed by atoms with van der Waals surface area (Å²) in [4.78, 5) is 14.9. The average molecular weight is 276 g/mol. The molecule has 2 rings (SSSR count). The van der Waals surface area contributed by atoms with Gasteiger partial charge in [-0.25, -0.2) is 0 Å². The Hall–Kier alpha value is -1.49. The van der Waals surface area contributed by atoms with Crippen molar-refractivity contribution in [2.45, 2.75) is 46.1 Å². The van der Waals surface area contributed by atoms with Gasteiger partial charge >= 0.3 is 0 Å². The lowest BCUT2D eigenvalue weighted by Gasteiger charge is -2.28. The summed E-state index contributed by atoms with van der Waals surface area (Å²) in [5, 5.41) is 11.6. The highest BCUT2D eigenvalue weighted by atomic mass is 16.2. The normalized spacial score (nSPS) is 18.2. The van der Waals surface area contributed by atoms with Crippen LogP contribution in [0, 0.1) is 6.92 Å². The van der Waals surface area contributed by atoms with Crippen molar-refractivity contribution in [1.82, 2.24) is 20.4 Å². The van der Waals surface area contributed by atoms with Gasteiger partial charge in [0.25, 0.3) is 5.91 Å². The van der Waals surface area contributed by atoms with Crippen molar-refractivity contribution in [1.29, 1.82) is 0 Å². The molecule has 0 aliphatic carbocycles. The summed E-state index contributed by atoms with van der Waals surface area (Å²) >= 11 is 0. The van der Waals surface area contributed by atoms with Crippen molar-refractivity contribution in [3.63, 3.8) is 0 Å². The van der Waals surface area contributed by atoms with Gasteiger partial charge in [0.2, 0.25) is 0 Å². The van der Waals surface area contributed by atoms with Crippen molar-refractivity contribution in [3.8, 4) is 0 Å². The van der Waals surface area contributed by atoms with Gasteiger partial charge in [0.1, 0.15) is 0 Å². The van der Waals surface area contributed by atoms with E-state index in [1.807, 2.05) is 24.8 Å². The molecule has 0 spiro atoms. The predicted octanol–water partition coefficient (Wildman–Crippen LogP) is 1.56. The van der Waals surface area contributed by atoms with Crippen LogP contribution in [-0.2, 0) is 6.42 Å². The van der Waals surface area contributed by atoms with Crippen molar-refractivity contribution in [2.75, 3.05) is 19.6 Å². The molecule has 110 valence electrons. The number of carbonyl (C=O) groups is 1. The zero-order valence-electron chi connectivity index (χ0n) is 12.6. The molecule has 1 atom stereocenters. The molecule has 20 heavy (non-hydrogen) atoms. The van der Waals surface area contributed by atoms with Gasteiger partial charge in [0, 0.05) is 19.1 Å². The Morgan fingerprint density at radius 2 is 2.25 bits per heavy atom. The summed E-state index contributed by atoms with van der Waals surface area (Å²) in [5.74, 6) is 0.107. The molecule has 0 aromatic carbocycles. The Kier molecular flexibility index (Phi) is 5.06. The molecule has 0 bridgehead atoms. The lowest BCUT2D eigenvalue weighted by atomic mass is 10.1. The van der Waals surface area contributed by atoms with E-state index < -0.39 is 0 Å². The first-order valence-corrected chi connectivity index (χ1v) is 7.52. The molecule has 0 saturated carbocycles. The van der Waals surface area contributed by atoms with Crippen LogP contribution in [0.25, 0.3) is 0 Å². The number of amides is 1. The molecule has 1 amide bonds. The molecular weight excluding hydrogens is 252 g/mol. The van der Waals surface area contributed by atoms with Crippen molar-refractivity contribution in [2.24, 2.45) is 0 Å². The number of rotatable bonds is 5. The van der Waals surface area contributed by atoms with Crippen LogP contribution >= 0.6 is 0 Å². The van der Waals surface area contributed by atoms with Crippen molar-refractivity contribution < 1.29 is 4.79 Å². The maximum absolute atomic E-state index is 12.9. The maximum atomic E-state index is 12.9. The number of nitrogens with one attached hydrogen (secondary N) is 1. The molecule has 2 heterocycles. The molecule has 0 radical (unpaired) electrons. The summed E-state index contributed by atoms with van der Waals surface area (Å²) in [6, 6.07) is 2.18. The molecule has 1 N–H and O–H groups in total. The molecule has 1 unspecified atom stereocenters. The summed E-state index contributed by atoms with van der Waals surface area (Å²) in [6.45, 7) is 8.69. The summed E-state index contributed by atoms with van der Waals surface area (Å²) in [6.07, 6.45) is 2.74. The lowest BCUT2D eigenvalue weighted by Crippen LogP contribution is -2.42. The molecule has 1 aliphatic heterocycles. The summed E-state index contributed by atoms with van der Waals surface area (Å²) < 4.78 is 0. The van der Waals surface area contributed by atoms with Crippen LogP contribution in [0.4, 0.5) is 0 Å². The summed E-state index contributed by atoms with van der Waals surface area (Å²) in [7, 11) is 0. The SMILES string of the molecule is CCCN(C(=O)c1cc(C)nnc1CC)C1CCNC1. The van der Waals surface area contributed by atoms with E-state index in [4.69, 9.17) is 0 Å². The minimum Gasteiger partial charge on any atom is -0.334 e.